The molecule has 0 saturated carbocycles. The van der Waals surface area contributed by atoms with Gasteiger partial charge in [0.1, 0.15) is 0 Å². The number of alkyl halides is 3. The van der Waals surface area contributed by atoms with E-state index in [4.69, 9.17) is 0 Å². The minimum absolute atomic E-state index is 0.260. The van der Waals surface area contributed by atoms with Crippen molar-refractivity contribution in [2.45, 2.75) is 11.1 Å². The fraction of sp³-hybridized carbons (Fsp3) is 0.100. The molecule has 0 aliphatic rings. The van der Waals surface area contributed by atoms with Crippen molar-refractivity contribution in [2.24, 2.45) is 5.90 Å². The molecule has 0 bridgehead atoms. The third kappa shape index (κ3) is 3.22. The number of aromatic hydroxyl groups is 1. The van der Waals surface area contributed by atoms with Crippen LogP contribution in [0.3, 0.4) is 0 Å². The fourth-order valence-corrected chi connectivity index (χ4v) is 1.77. The Labute approximate surface area is 115 Å². The van der Waals surface area contributed by atoms with Crippen molar-refractivity contribution in [3.63, 3.8) is 0 Å². The lowest BCUT2D eigenvalue weighted by molar-refractivity contribution is -0.195. The van der Waals surface area contributed by atoms with Gasteiger partial charge in [0, 0.05) is 11.0 Å². The first-order valence-corrected chi connectivity index (χ1v) is 5.82. The average molecular weight is 307 g/mol. The molecule has 1 aromatic heterocycles. The molecule has 108 valence electrons. The van der Waals surface area contributed by atoms with Gasteiger partial charge < -0.3 is 5.11 Å². The van der Waals surface area contributed by atoms with E-state index < -0.39 is 17.8 Å². The zero-order valence-electron chi connectivity index (χ0n) is 9.66. The van der Waals surface area contributed by atoms with Gasteiger partial charge in [-0.1, -0.05) is 0 Å². The van der Waals surface area contributed by atoms with E-state index in [9.17, 15) is 18.3 Å². The van der Waals surface area contributed by atoms with E-state index >= 15 is 0 Å². The van der Waals surface area contributed by atoms with Crippen LogP contribution in [0.15, 0.2) is 35.2 Å². The molecule has 20 heavy (non-hydrogen) atoms. The highest BCUT2D eigenvalue weighted by Crippen LogP contribution is 2.31. The predicted octanol–water partition coefficient (Wildman–Crippen LogP) is 2.43. The molecule has 6 nitrogen and oxygen atoms in total. The van der Waals surface area contributed by atoms with Crippen LogP contribution < -0.4 is 5.90 Å². The largest absolute Gasteiger partial charge is 0.493 e. The summed E-state index contributed by atoms with van der Waals surface area (Å²) in [7, 11) is 0. The topological polar surface area (TPSA) is 82.5 Å². The predicted molar refractivity (Wildman–Crippen MR) is 62.4 cm³/mol. The highest BCUT2D eigenvalue weighted by molar-refractivity contribution is 7.94. The highest BCUT2D eigenvalue weighted by atomic mass is 32.2. The van der Waals surface area contributed by atoms with Crippen LogP contribution in [0, 0.1) is 0 Å². The van der Waals surface area contributed by atoms with Crippen LogP contribution in [0.25, 0.3) is 5.69 Å². The lowest BCUT2D eigenvalue weighted by Gasteiger charge is -2.04. The van der Waals surface area contributed by atoms with Crippen LogP contribution >= 0.6 is 12.0 Å². The Kier molecular flexibility index (Phi) is 4.18. The SMILES string of the molecule is NOOSc1ccc(-n2nc(C(F)(F)F)cc2O)cc1. The fourth-order valence-electron chi connectivity index (χ4n) is 1.40. The molecule has 2 rings (SSSR count). The molecule has 0 radical (unpaired) electrons. The Morgan fingerprint density at radius 3 is 2.40 bits per heavy atom. The minimum Gasteiger partial charge on any atom is -0.493 e. The molecule has 0 saturated heterocycles. The van der Waals surface area contributed by atoms with Crippen molar-refractivity contribution in [3.8, 4) is 11.6 Å². The summed E-state index contributed by atoms with van der Waals surface area (Å²) in [4.78, 5) is 4.50. The summed E-state index contributed by atoms with van der Waals surface area (Å²) in [6.45, 7) is 0. The second kappa shape index (κ2) is 5.71. The van der Waals surface area contributed by atoms with Gasteiger partial charge in [-0.25, -0.2) is 4.68 Å². The Hall–Kier alpha value is -1.75. The summed E-state index contributed by atoms with van der Waals surface area (Å²) in [5.74, 6) is 4.05. The van der Waals surface area contributed by atoms with Gasteiger partial charge in [-0.05, 0) is 24.3 Å². The van der Waals surface area contributed by atoms with Gasteiger partial charge in [-0.3, -0.25) is 0 Å². The number of aromatic nitrogens is 2. The molecule has 0 aliphatic heterocycles. The third-order valence-electron chi connectivity index (χ3n) is 2.23. The number of hydrogen-bond donors (Lipinski definition) is 2. The van der Waals surface area contributed by atoms with Crippen LogP contribution in [0.2, 0.25) is 0 Å². The number of benzene rings is 1. The zero-order valence-corrected chi connectivity index (χ0v) is 10.5. The molecule has 0 unspecified atom stereocenters. The molecule has 0 spiro atoms. The van der Waals surface area contributed by atoms with Crippen LogP contribution in [0.4, 0.5) is 13.2 Å². The maximum atomic E-state index is 12.5. The summed E-state index contributed by atoms with van der Waals surface area (Å²) in [6, 6.07) is 6.53. The number of hydrogen-bond acceptors (Lipinski definition) is 6. The van der Waals surface area contributed by atoms with E-state index in [2.05, 4.69) is 20.3 Å². The van der Waals surface area contributed by atoms with Gasteiger partial charge in [-0.2, -0.15) is 24.2 Å². The van der Waals surface area contributed by atoms with Crippen LogP contribution in [0.1, 0.15) is 5.69 Å². The summed E-state index contributed by atoms with van der Waals surface area (Å²) in [5.41, 5.74) is -0.913. The Balaban J connectivity index is 2.25. The second-order valence-corrected chi connectivity index (χ2v) is 4.31. The number of rotatable bonds is 4. The normalized spacial score (nSPS) is 11.8. The molecule has 0 atom stereocenters. The molecular weight excluding hydrogens is 299 g/mol. The van der Waals surface area contributed by atoms with E-state index in [1.807, 2.05) is 0 Å². The van der Waals surface area contributed by atoms with Gasteiger partial charge in [0.15, 0.2) is 5.69 Å². The molecule has 0 fully saturated rings. The Morgan fingerprint density at radius 2 is 1.90 bits per heavy atom. The highest BCUT2D eigenvalue weighted by Gasteiger charge is 2.35. The van der Waals surface area contributed by atoms with Gasteiger partial charge in [0.05, 0.1) is 17.7 Å². The van der Waals surface area contributed by atoms with E-state index in [1.54, 1.807) is 0 Å². The maximum Gasteiger partial charge on any atom is 0.435 e. The number of halogens is 3. The van der Waals surface area contributed by atoms with Crippen LogP contribution in [-0.2, 0) is 15.5 Å². The Bertz CT molecular complexity index is 586. The van der Waals surface area contributed by atoms with Crippen molar-refractivity contribution in [3.05, 3.63) is 36.0 Å². The van der Waals surface area contributed by atoms with E-state index in [1.165, 1.54) is 24.3 Å². The van der Waals surface area contributed by atoms with Gasteiger partial charge in [-0.15, -0.1) is 9.32 Å². The zero-order chi connectivity index (χ0) is 14.8. The van der Waals surface area contributed by atoms with E-state index in [-0.39, 0.29) is 5.69 Å². The molecule has 3 N–H and O–H groups in total. The standard InChI is InChI=1S/C10H8F3N3O3S/c11-10(12,13)8-5-9(17)16(15-8)6-1-3-7(4-2-6)20-19-18-14/h1-5,17H,14H2. The summed E-state index contributed by atoms with van der Waals surface area (Å²) >= 11 is 0.819. The Morgan fingerprint density at radius 1 is 1.25 bits per heavy atom. The van der Waals surface area contributed by atoms with E-state index in [0.29, 0.717) is 11.0 Å². The quantitative estimate of drug-likeness (QED) is 0.513. The van der Waals surface area contributed by atoms with E-state index in [0.717, 1.165) is 16.7 Å². The molecule has 10 heteroatoms. The molecule has 0 aliphatic carbocycles. The average Bonchev–Trinajstić information content (AvgIpc) is 2.79. The molecule has 1 heterocycles. The second-order valence-electron chi connectivity index (χ2n) is 3.54. The molecule has 2 aromatic rings. The third-order valence-corrected chi connectivity index (χ3v) is 2.84. The lowest BCUT2D eigenvalue weighted by atomic mass is 10.3. The number of nitrogens with two attached hydrogens (primary N) is 1. The van der Waals surface area contributed by atoms with Crippen molar-refractivity contribution < 1.29 is 27.6 Å². The monoisotopic (exact) mass is 307 g/mol. The van der Waals surface area contributed by atoms with Crippen LogP contribution in [0.5, 0.6) is 5.88 Å². The van der Waals surface area contributed by atoms with Gasteiger partial charge in [0.25, 0.3) is 0 Å². The first-order chi connectivity index (χ1) is 9.41. The lowest BCUT2D eigenvalue weighted by Crippen LogP contribution is -2.07. The number of nitrogens with zero attached hydrogens (tertiary/aromatic N) is 2. The van der Waals surface area contributed by atoms with Crippen molar-refractivity contribution in [2.75, 3.05) is 0 Å². The molecular formula is C10H8F3N3O3S. The molecule has 1 aromatic carbocycles. The summed E-state index contributed by atoms with van der Waals surface area (Å²) in [6.07, 6.45) is -4.62. The van der Waals surface area contributed by atoms with Crippen molar-refractivity contribution >= 4 is 12.0 Å². The van der Waals surface area contributed by atoms with Gasteiger partial charge in [0.2, 0.25) is 5.88 Å². The first-order valence-electron chi connectivity index (χ1n) is 5.08. The summed E-state index contributed by atoms with van der Waals surface area (Å²) in [5, 5.41) is 12.8. The first kappa shape index (κ1) is 14.7. The smallest absolute Gasteiger partial charge is 0.435 e. The van der Waals surface area contributed by atoms with Crippen molar-refractivity contribution in [1.82, 2.24) is 9.78 Å². The molecule has 0 amide bonds. The van der Waals surface area contributed by atoms with Crippen LogP contribution in [-0.4, -0.2) is 14.9 Å². The summed E-state index contributed by atoms with van der Waals surface area (Å²) < 4.78 is 42.6. The van der Waals surface area contributed by atoms with Crippen molar-refractivity contribution in [1.29, 1.82) is 0 Å². The maximum absolute atomic E-state index is 12.5. The van der Waals surface area contributed by atoms with Gasteiger partial charge >= 0.3 is 6.18 Å². The minimum atomic E-state index is -4.62.